The lowest BCUT2D eigenvalue weighted by atomic mass is 9.95. The number of hydrogen-bond acceptors (Lipinski definition) is 3. The normalized spacial score (nSPS) is 14.0. The van der Waals surface area contributed by atoms with E-state index >= 15 is 0 Å². The van der Waals surface area contributed by atoms with Gasteiger partial charge in [0.1, 0.15) is 0 Å². The average molecular weight is 427 g/mol. The molecule has 5 heteroatoms. The van der Waals surface area contributed by atoms with Gasteiger partial charge in [-0.3, -0.25) is 9.36 Å². The van der Waals surface area contributed by atoms with Crippen molar-refractivity contribution in [3.63, 3.8) is 0 Å². The molecule has 0 aliphatic carbocycles. The molecule has 0 amide bonds. The lowest BCUT2D eigenvalue weighted by molar-refractivity contribution is 0.0772. The molecule has 2 aromatic carbocycles. The molecule has 0 spiro atoms. The maximum Gasteiger partial charge on any atom is 0.236 e. The standard InChI is InChI=1S/C27H30N4O/c1-17-7-6-8-18(2)24(17)31-25(21-16-28-13-11-22(21)29-31)20-9-10-23-19(15-20)12-14-30(23)26(32)27(3,4)5/h6-10,12,14-15,28H,11,13,16H2,1-5H3. The van der Waals surface area contributed by atoms with Crippen LogP contribution in [0.5, 0.6) is 0 Å². The number of carbonyl (C=O) groups is 1. The number of nitrogens with one attached hydrogen (secondary N) is 1. The maximum absolute atomic E-state index is 12.9. The highest BCUT2D eigenvalue weighted by Crippen LogP contribution is 2.35. The van der Waals surface area contributed by atoms with Crippen molar-refractivity contribution in [1.29, 1.82) is 0 Å². The summed E-state index contributed by atoms with van der Waals surface area (Å²) in [5.41, 5.74) is 8.78. The quantitative estimate of drug-likeness (QED) is 0.464. The predicted molar refractivity (Wildman–Crippen MR) is 129 cm³/mol. The number of aryl methyl sites for hydroxylation is 2. The fourth-order valence-electron chi connectivity index (χ4n) is 4.73. The Morgan fingerprint density at radius 3 is 2.53 bits per heavy atom. The molecule has 4 aromatic rings. The lowest BCUT2D eigenvalue weighted by Gasteiger charge is -2.18. The summed E-state index contributed by atoms with van der Waals surface area (Å²) in [5, 5.41) is 9.66. The van der Waals surface area contributed by atoms with Crippen LogP contribution in [0.4, 0.5) is 0 Å². The molecule has 3 heterocycles. The molecule has 0 saturated heterocycles. The minimum Gasteiger partial charge on any atom is -0.312 e. The van der Waals surface area contributed by atoms with E-state index in [-0.39, 0.29) is 5.91 Å². The molecule has 0 atom stereocenters. The van der Waals surface area contributed by atoms with Gasteiger partial charge in [-0.2, -0.15) is 5.10 Å². The average Bonchev–Trinajstić information content (AvgIpc) is 3.33. The van der Waals surface area contributed by atoms with Crippen LogP contribution < -0.4 is 5.32 Å². The van der Waals surface area contributed by atoms with E-state index < -0.39 is 5.41 Å². The molecular weight excluding hydrogens is 396 g/mol. The van der Waals surface area contributed by atoms with Crippen LogP contribution in [0.2, 0.25) is 0 Å². The summed E-state index contributed by atoms with van der Waals surface area (Å²) >= 11 is 0. The van der Waals surface area contributed by atoms with Gasteiger partial charge in [-0.1, -0.05) is 45.0 Å². The van der Waals surface area contributed by atoms with Gasteiger partial charge in [0, 0.05) is 47.6 Å². The highest BCUT2D eigenvalue weighted by molar-refractivity contribution is 5.96. The van der Waals surface area contributed by atoms with Crippen LogP contribution in [0, 0.1) is 19.3 Å². The van der Waals surface area contributed by atoms with Crippen LogP contribution in [0.15, 0.2) is 48.7 Å². The number of aromatic nitrogens is 3. The first-order valence-electron chi connectivity index (χ1n) is 11.3. The van der Waals surface area contributed by atoms with Crippen molar-refractivity contribution in [2.45, 2.75) is 47.6 Å². The SMILES string of the molecule is Cc1cccc(C)c1-n1nc2c(c1-c1ccc3c(ccn3C(=O)C(C)(C)C)c1)CNCC2. The van der Waals surface area contributed by atoms with Crippen LogP contribution >= 0.6 is 0 Å². The van der Waals surface area contributed by atoms with Crippen LogP contribution in [0.25, 0.3) is 27.8 Å². The van der Waals surface area contributed by atoms with Gasteiger partial charge in [0.05, 0.1) is 22.6 Å². The molecule has 0 radical (unpaired) electrons. The fraction of sp³-hybridized carbons (Fsp3) is 0.333. The molecule has 164 valence electrons. The van der Waals surface area contributed by atoms with Gasteiger partial charge in [-0.05, 0) is 43.2 Å². The molecule has 0 unspecified atom stereocenters. The molecular formula is C27H30N4O. The molecule has 2 aromatic heterocycles. The third kappa shape index (κ3) is 3.28. The van der Waals surface area contributed by atoms with Crippen LogP contribution in [-0.4, -0.2) is 26.8 Å². The van der Waals surface area contributed by atoms with Crippen molar-refractivity contribution in [2.75, 3.05) is 6.54 Å². The van der Waals surface area contributed by atoms with Crippen molar-refractivity contribution in [1.82, 2.24) is 19.7 Å². The molecule has 0 bridgehead atoms. The Morgan fingerprint density at radius 2 is 1.81 bits per heavy atom. The van der Waals surface area contributed by atoms with Gasteiger partial charge in [-0.25, -0.2) is 4.68 Å². The summed E-state index contributed by atoms with van der Waals surface area (Å²) in [6, 6.07) is 14.8. The highest BCUT2D eigenvalue weighted by Gasteiger charge is 2.26. The summed E-state index contributed by atoms with van der Waals surface area (Å²) in [4.78, 5) is 12.9. The Morgan fingerprint density at radius 1 is 1.06 bits per heavy atom. The molecule has 0 saturated carbocycles. The summed E-state index contributed by atoms with van der Waals surface area (Å²) < 4.78 is 3.92. The second kappa shape index (κ2) is 7.45. The van der Waals surface area contributed by atoms with E-state index in [1.165, 1.54) is 22.4 Å². The Hall–Kier alpha value is -3.18. The van der Waals surface area contributed by atoms with Crippen LogP contribution in [-0.2, 0) is 13.0 Å². The summed E-state index contributed by atoms with van der Waals surface area (Å²) in [6.45, 7) is 11.9. The molecule has 5 nitrogen and oxygen atoms in total. The van der Waals surface area contributed by atoms with Gasteiger partial charge in [0.25, 0.3) is 0 Å². The van der Waals surface area contributed by atoms with Crippen LogP contribution in [0.3, 0.4) is 0 Å². The predicted octanol–water partition coefficient (Wildman–Crippen LogP) is 5.44. The monoisotopic (exact) mass is 426 g/mol. The third-order valence-corrected chi connectivity index (χ3v) is 6.38. The van der Waals surface area contributed by atoms with E-state index in [4.69, 9.17) is 5.10 Å². The summed E-state index contributed by atoms with van der Waals surface area (Å²) in [5.74, 6) is 0.0995. The number of carbonyl (C=O) groups excluding carboxylic acids is 1. The van der Waals surface area contributed by atoms with Crippen molar-refractivity contribution >= 4 is 16.8 Å². The number of para-hydroxylation sites is 1. The smallest absolute Gasteiger partial charge is 0.236 e. The van der Waals surface area contributed by atoms with Crippen molar-refractivity contribution < 1.29 is 4.79 Å². The molecule has 1 aliphatic heterocycles. The number of rotatable bonds is 2. The second-order valence-electron chi connectivity index (χ2n) is 9.87. The zero-order valence-electron chi connectivity index (χ0n) is 19.5. The summed E-state index contributed by atoms with van der Waals surface area (Å²) in [6.07, 6.45) is 2.82. The molecule has 1 N–H and O–H groups in total. The highest BCUT2D eigenvalue weighted by atomic mass is 16.2. The summed E-state index contributed by atoms with van der Waals surface area (Å²) in [7, 11) is 0. The zero-order valence-corrected chi connectivity index (χ0v) is 19.5. The van der Waals surface area contributed by atoms with E-state index in [1.807, 2.05) is 33.0 Å². The first-order chi connectivity index (χ1) is 15.3. The number of hydrogen-bond donors (Lipinski definition) is 1. The number of fused-ring (bicyclic) bond motifs is 2. The van der Waals surface area contributed by atoms with E-state index in [9.17, 15) is 4.79 Å². The molecule has 5 rings (SSSR count). The number of nitrogens with zero attached hydrogens (tertiary/aromatic N) is 3. The second-order valence-corrected chi connectivity index (χ2v) is 9.87. The molecule has 0 fully saturated rings. The van der Waals surface area contributed by atoms with Gasteiger partial charge >= 0.3 is 0 Å². The van der Waals surface area contributed by atoms with E-state index in [1.54, 1.807) is 4.57 Å². The van der Waals surface area contributed by atoms with Crippen LogP contribution in [0.1, 0.15) is 48.0 Å². The minimum atomic E-state index is -0.434. The van der Waals surface area contributed by atoms with Gasteiger partial charge in [-0.15, -0.1) is 0 Å². The van der Waals surface area contributed by atoms with Gasteiger partial charge < -0.3 is 5.32 Å². The Balaban J connectivity index is 1.71. The minimum absolute atomic E-state index is 0.0995. The topological polar surface area (TPSA) is 51.9 Å². The molecule has 1 aliphatic rings. The largest absolute Gasteiger partial charge is 0.312 e. The number of benzene rings is 2. The van der Waals surface area contributed by atoms with Crippen molar-refractivity contribution in [2.24, 2.45) is 5.41 Å². The van der Waals surface area contributed by atoms with Crippen molar-refractivity contribution in [3.8, 4) is 16.9 Å². The first kappa shape index (κ1) is 20.7. The lowest BCUT2D eigenvalue weighted by Crippen LogP contribution is -2.25. The Bertz CT molecular complexity index is 1330. The fourth-order valence-corrected chi connectivity index (χ4v) is 4.73. The van der Waals surface area contributed by atoms with Gasteiger partial charge in [0.2, 0.25) is 5.91 Å². The van der Waals surface area contributed by atoms with Crippen molar-refractivity contribution in [3.05, 3.63) is 71.0 Å². The maximum atomic E-state index is 12.9. The first-order valence-corrected chi connectivity index (χ1v) is 11.3. The van der Waals surface area contributed by atoms with E-state index in [2.05, 4.69) is 60.2 Å². The zero-order chi connectivity index (χ0) is 22.6. The molecule has 32 heavy (non-hydrogen) atoms. The van der Waals surface area contributed by atoms with Gasteiger partial charge in [0.15, 0.2) is 0 Å². The van der Waals surface area contributed by atoms with E-state index in [0.717, 1.165) is 47.4 Å². The van der Waals surface area contributed by atoms with E-state index in [0.29, 0.717) is 0 Å². The Labute approximate surface area is 189 Å². The Kier molecular flexibility index (Phi) is 4.82. The third-order valence-electron chi connectivity index (χ3n) is 6.38.